The standard InChI is InChI=1S/C21H19FN2O3S/c22-15-6-4-5-14(11-15)9-10-20(26)27-13-19(25)24-21-17(12-23)16-7-2-1-3-8-18(16)28-21/h4-6,9-11H,1-3,7-8,13H2,(H,24,25)/b10-9+. The highest BCUT2D eigenvalue weighted by atomic mass is 32.1. The number of nitrogens with one attached hydrogen (secondary N) is 1. The van der Waals surface area contributed by atoms with Crippen LogP contribution >= 0.6 is 11.3 Å². The monoisotopic (exact) mass is 398 g/mol. The Bertz CT molecular complexity index is 959. The number of amides is 1. The molecule has 1 aromatic carbocycles. The van der Waals surface area contributed by atoms with Crippen LogP contribution in [-0.2, 0) is 27.2 Å². The Morgan fingerprint density at radius 2 is 2.11 bits per heavy atom. The Hall–Kier alpha value is -2.98. The third-order valence-electron chi connectivity index (χ3n) is 4.39. The van der Waals surface area contributed by atoms with Crippen molar-refractivity contribution in [2.24, 2.45) is 0 Å². The largest absolute Gasteiger partial charge is 0.452 e. The summed E-state index contributed by atoms with van der Waals surface area (Å²) in [5.41, 5.74) is 2.07. The summed E-state index contributed by atoms with van der Waals surface area (Å²) in [5, 5.41) is 12.7. The van der Waals surface area contributed by atoms with Crippen LogP contribution < -0.4 is 5.32 Å². The van der Waals surface area contributed by atoms with Crippen LogP contribution in [0.2, 0.25) is 0 Å². The van der Waals surface area contributed by atoms with Gasteiger partial charge < -0.3 is 10.1 Å². The Morgan fingerprint density at radius 1 is 1.29 bits per heavy atom. The maximum atomic E-state index is 13.1. The number of ether oxygens (including phenoxy) is 1. The van der Waals surface area contributed by atoms with Gasteiger partial charge >= 0.3 is 5.97 Å². The van der Waals surface area contributed by atoms with Crippen LogP contribution in [0.1, 0.15) is 40.8 Å². The van der Waals surface area contributed by atoms with Crippen molar-refractivity contribution in [3.8, 4) is 6.07 Å². The molecule has 0 bridgehead atoms. The molecule has 1 aliphatic carbocycles. The zero-order chi connectivity index (χ0) is 19.9. The minimum Gasteiger partial charge on any atom is -0.452 e. The Balaban J connectivity index is 1.56. The van der Waals surface area contributed by atoms with Crippen LogP contribution in [0.5, 0.6) is 0 Å². The van der Waals surface area contributed by atoms with Gasteiger partial charge in [-0.1, -0.05) is 18.6 Å². The van der Waals surface area contributed by atoms with Gasteiger partial charge in [-0.15, -0.1) is 11.3 Å². The summed E-state index contributed by atoms with van der Waals surface area (Å²) in [6, 6.07) is 7.95. The number of halogens is 1. The van der Waals surface area contributed by atoms with E-state index in [-0.39, 0.29) is 0 Å². The highest BCUT2D eigenvalue weighted by molar-refractivity contribution is 7.16. The van der Waals surface area contributed by atoms with Gasteiger partial charge in [0.25, 0.3) is 5.91 Å². The number of benzene rings is 1. The van der Waals surface area contributed by atoms with Crippen molar-refractivity contribution in [1.29, 1.82) is 5.26 Å². The van der Waals surface area contributed by atoms with Gasteiger partial charge in [-0.2, -0.15) is 5.26 Å². The quantitative estimate of drug-likeness (QED) is 0.465. The van der Waals surface area contributed by atoms with Gasteiger partial charge in [0.15, 0.2) is 6.61 Å². The first-order valence-corrected chi connectivity index (χ1v) is 9.83. The molecule has 28 heavy (non-hydrogen) atoms. The lowest BCUT2D eigenvalue weighted by molar-refractivity contribution is -0.142. The van der Waals surface area contributed by atoms with Crippen molar-refractivity contribution >= 4 is 34.3 Å². The zero-order valence-electron chi connectivity index (χ0n) is 15.2. The number of nitriles is 1. The molecule has 0 saturated carbocycles. The number of hydrogen-bond donors (Lipinski definition) is 1. The molecule has 144 valence electrons. The maximum absolute atomic E-state index is 13.1. The molecular weight excluding hydrogens is 379 g/mol. The van der Waals surface area contributed by atoms with E-state index < -0.39 is 24.3 Å². The third kappa shape index (κ3) is 5.05. The number of thiophene rings is 1. The van der Waals surface area contributed by atoms with Gasteiger partial charge in [-0.25, -0.2) is 9.18 Å². The van der Waals surface area contributed by atoms with Gasteiger partial charge in [0.2, 0.25) is 0 Å². The Labute approximate surface area is 166 Å². The molecule has 1 N–H and O–H groups in total. The van der Waals surface area contributed by atoms with Crippen molar-refractivity contribution in [3.63, 3.8) is 0 Å². The SMILES string of the molecule is N#Cc1c(NC(=O)COC(=O)/C=C/c2cccc(F)c2)sc2c1CCCCC2. The number of hydrogen-bond acceptors (Lipinski definition) is 5. The Kier molecular flexibility index (Phi) is 6.56. The number of anilines is 1. The second kappa shape index (κ2) is 9.29. The number of aryl methyl sites for hydroxylation is 1. The average molecular weight is 398 g/mol. The van der Waals surface area contributed by atoms with Crippen LogP contribution in [0.15, 0.2) is 30.3 Å². The summed E-state index contributed by atoms with van der Waals surface area (Å²) in [6.07, 6.45) is 7.59. The molecule has 1 heterocycles. The second-order valence-corrected chi connectivity index (χ2v) is 7.53. The summed E-state index contributed by atoms with van der Waals surface area (Å²) in [4.78, 5) is 25.0. The molecule has 1 aliphatic rings. The van der Waals surface area contributed by atoms with E-state index in [9.17, 15) is 19.2 Å². The topological polar surface area (TPSA) is 79.2 Å². The maximum Gasteiger partial charge on any atom is 0.331 e. The van der Waals surface area contributed by atoms with Crippen molar-refractivity contribution in [1.82, 2.24) is 0 Å². The third-order valence-corrected chi connectivity index (χ3v) is 5.60. The summed E-state index contributed by atoms with van der Waals surface area (Å²) in [5.74, 6) is -1.61. The van der Waals surface area contributed by atoms with E-state index in [2.05, 4.69) is 11.4 Å². The first-order valence-electron chi connectivity index (χ1n) is 9.01. The minimum absolute atomic E-state index is 0.405. The van der Waals surface area contributed by atoms with Crippen LogP contribution in [-0.4, -0.2) is 18.5 Å². The van der Waals surface area contributed by atoms with Gasteiger partial charge in [0.05, 0.1) is 5.56 Å². The molecule has 0 saturated heterocycles. The number of carbonyl (C=O) groups excluding carboxylic acids is 2. The van der Waals surface area contributed by atoms with E-state index in [1.54, 1.807) is 6.07 Å². The molecule has 0 spiro atoms. The molecule has 0 unspecified atom stereocenters. The Morgan fingerprint density at radius 3 is 2.89 bits per heavy atom. The lowest BCUT2D eigenvalue weighted by Crippen LogP contribution is -2.20. The van der Waals surface area contributed by atoms with Gasteiger partial charge in [-0.3, -0.25) is 4.79 Å². The van der Waals surface area contributed by atoms with E-state index in [1.807, 2.05) is 0 Å². The van der Waals surface area contributed by atoms with Crippen LogP contribution in [0.3, 0.4) is 0 Å². The highest BCUT2D eigenvalue weighted by Crippen LogP contribution is 2.36. The predicted octanol–water partition coefficient (Wildman–Crippen LogP) is 4.22. The molecule has 0 radical (unpaired) electrons. The predicted molar refractivity (Wildman–Crippen MR) is 105 cm³/mol. The smallest absolute Gasteiger partial charge is 0.331 e. The molecule has 0 aliphatic heterocycles. The van der Waals surface area contributed by atoms with E-state index in [1.165, 1.54) is 35.6 Å². The lowest BCUT2D eigenvalue weighted by Gasteiger charge is -2.04. The van der Waals surface area contributed by atoms with E-state index >= 15 is 0 Å². The van der Waals surface area contributed by atoms with Gasteiger partial charge in [-0.05, 0) is 55.0 Å². The highest BCUT2D eigenvalue weighted by Gasteiger charge is 2.21. The summed E-state index contributed by atoms with van der Waals surface area (Å²) in [6.45, 7) is -0.459. The number of fused-ring (bicyclic) bond motifs is 1. The normalized spacial score (nSPS) is 13.4. The molecule has 2 aromatic rings. The van der Waals surface area contributed by atoms with Crippen LogP contribution in [0.4, 0.5) is 9.39 Å². The number of nitrogens with zero attached hydrogens (tertiary/aromatic N) is 1. The molecular formula is C21H19FN2O3S. The molecule has 5 nitrogen and oxygen atoms in total. The fourth-order valence-electron chi connectivity index (χ4n) is 3.07. The van der Waals surface area contributed by atoms with Crippen LogP contribution in [0, 0.1) is 17.1 Å². The molecule has 0 fully saturated rings. The number of esters is 1. The molecule has 0 atom stereocenters. The summed E-state index contributed by atoms with van der Waals surface area (Å²) in [7, 11) is 0. The fraction of sp³-hybridized carbons (Fsp3) is 0.286. The minimum atomic E-state index is -0.707. The average Bonchev–Trinajstić information content (AvgIpc) is 2.84. The molecule has 3 rings (SSSR count). The summed E-state index contributed by atoms with van der Waals surface area (Å²) < 4.78 is 18.0. The first-order chi connectivity index (χ1) is 13.6. The van der Waals surface area contributed by atoms with Crippen molar-refractivity contribution in [3.05, 3.63) is 57.7 Å². The fourth-order valence-corrected chi connectivity index (χ4v) is 4.33. The van der Waals surface area contributed by atoms with Crippen LogP contribution in [0.25, 0.3) is 6.08 Å². The van der Waals surface area contributed by atoms with E-state index in [4.69, 9.17) is 4.74 Å². The van der Waals surface area contributed by atoms with E-state index in [0.717, 1.165) is 48.6 Å². The molecule has 7 heteroatoms. The molecule has 1 aromatic heterocycles. The van der Waals surface area contributed by atoms with Crippen molar-refractivity contribution in [2.75, 3.05) is 11.9 Å². The van der Waals surface area contributed by atoms with Gasteiger partial charge in [0, 0.05) is 11.0 Å². The van der Waals surface area contributed by atoms with Crippen molar-refractivity contribution in [2.45, 2.75) is 32.1 Å². The lowest BCUT2D eigenvalue weighted by atomic mass is 10.1. The number of carbonyl (C=O) groups is 2. The second-order valence-electron chi connectivity index (χ2n) is 6.42. The number of rotatable bonds is 5. The van der Waals surface area contributed by atoms with Crippen molar-refractivity contribution < 1.29 is 18.7 Å². The first kappa shape index (κ1) is 19.8. The molecule has 1 amide bonds. The zero-order valence-corrected chi connectivity index (χ0v) is 16.0. The summed E-state index contributed by atoms with van der Waals surface area (Å²) >= 11 is 1.43. The van der Waals surface area contributed by atoms with E-state index in [0.29, 0.717) is 16.1 Å². The van der Waals surface area contributed by atoms with Gasteiger partial charge in [0.1, 0.15) is 16.9 Å².